The highest BCUT2D eigenvalue weighted by Crippen LogP contribution is 2.17. The molecule has 2 rings (SSSR count). The molecule has 0 radical (unpaired) electrons. The van der Waals surface area contributed by atoms with Crippen molar-refractivity contribution in [2.45, 2.75) is 53.9 Å². The summed E-state index contributed by atoms with van der Waals surface area (Å²) in [5.41, 5.74) is 0. The standard InChI is InChI=1S/C11H16N2O3.2C2H6/c1-8-6-12(7-8)9(14)4-5-13-10(15)2-3-11(13)16;2*1-2/h8H,2-7H2,1H3;2*1-2H3. The lowest BCUT2D eigenvalue weighted by Gasteiger charge is -2.37. The van der Waals surface area contributed by atoms with E-state index in [0.717, 1.165) is 13.1 Å². The van der Waals surface area contributed by atoms with E-state index in [0.29, 0.717) is 18.8 Å². The van der Waals surface area contributed by atoms with Crippen molar-refractivity contribution in [3.63, 3.8) is 0 Å². The molecule has 0 aromatic carbocycles. The van der Waals surface area contributed by atoms with Gasteiger partial charge >= 0.3 is 0 Å². The van der Waals surface area contributed by atoms with Crippen molar-refractivity contribution in [3.8, 4) is 0 Å². The molecule has 2 aliphatic rings. The average molecular weight is 284 g/mol. The van der Waals surface area contributed by atoms with Crippen LogP contribution in [0.2, 0.25) is 0 Å². The van der Waals surface area contributed by atoms with Gasteiger partial charge in [-0.15, -0.1) is 0 Å². The van der Waals surface area contributed by atoms with Gasteiger partial charge in [-0.2, -0.15) is 0 Å². The second-order valence-corrected chi connectivity index (χ2v) is 4.59. The predicted octanol–water partition coefficient (Wildman–Crippen LogP) is 2.06. The highest BCUT2D eigenvalue weighted by Gasteiger charge is 2.31. The molecule has 0 bridgehead atoms. The summed E-state index contributed by atoms with van der Waals surface area (Å²) in [6, 6.07) is 0. The van der Waals surface area contributed by atoms with E-state index in [9.17, 15) is 14.4 Å². The lowest BCUT2D eigenvalue weighted by Crippen LogP contribution is -2.49. The number of likely N-dealkylation sites (tertiary alicyclic amines) is 2. The van der Waals surface area contributed by atoms with Crippen LogP contribution in [-0.2, 0) is 14.4 Å². The molecule has 0 aliphatic carbocycles. The van der Waals surface area contributed by atoms with E-state index in [1.807, 2.05) is 27.7 Å². The summed E-state index contributed by atoms with van der Waals surface area (Å²) in [5, 5.41) is 0. The fourth-order valence-corrected chi connectivity index (χ4v) is 2.14. The number of carbonyl (C=O) groups is 3. The smallest absolute Gasteiger partial charge is 0.229 e. The van der Waals surface area contributed by atoms with Crippen LogP contribution in [-0.4, -0.2) is 47.2 Å². The summed E-state index contributed by atoms with van der Waals surface area (Å²) in [5.74, 6) is 0.342. The predicted molar refractivity (Wildman–Crippen MR) is 79.0 cm³/mol. The Balaban J connectivity index is 0.000000829. The average Bonchev–Trinajstić information content (AvgIpc) is 2.76. The summed E-state index contributed by atoms with van der Waals surface area (Å²) in [7, 11) is 0. The van der Waals surface area contributed by atoms with Crippen molar-refractivity contribution in [2.75, 3.05) is 19.6 Å². The molecule has 0 aromatic heterocycles. The van der Waals surface area contributed by atoms with E-state index in [1.165, 1.54) is 4.90 Å². The van der Waals surface area contributed by atoms with Crippen LogP contribution in [0.4, 0.5) is 0 Å². The maximum absolute atomic E-state index is 11.6. The molecule has 0 saturated carbocycles. The number of nitrogens with zero attached hydrogens (tertiary/aromatic N) is 2. The third-order valence-corrected chi connectivity index (χ3v) is 3.12. The Morgan fingerprint density at radius 2 is 1.50 bits per heavy atom. The first-order chi connectivity index (χ1) is 9.58. The fraction of sp³-hybridized carbons (Fsp3) is 0.800. The maximum Gasteiger partial charge on any atom is 0.229 e. The zero-order chi connectivity index (χ0) is 15.7. The Morgan fingerprint density at radius 3 is 1.90 bits per heavy atom. The summed E-state index contributed by atoms with van der Waals surface area (Å²) < 4.78 is 0. The molecule has 3 amide bonds. The summed E-state index contributed by atoms with van der Waals surface area (Å²) >= 11 is 0. The van der Waals surface area contributed by atoms with Gasteiger partial charge in [-0.1, -0.05) is 34.6 Å². The fourth-order valence-electron chi connectivity index (χ4n) is 2.14. The molecule has 116 valence electrons. The van der Waals surface area contributed by atoms with E-state index in [2.05, 4.69) is 6.92 Å². The zero-order valence-electron chi connectivity index (χ0n) is 13.4. The lowest BCUT2D eigenvalue weighted by atomic mass is 10.0. The van der Waals surface area contributed by atoms with Crippen molar-refractivity contribution in [1.82, 2.24) is 9.80 Å². The van der Waals surface area contributed by atoms with E-state index < -0.39 is 0 Å². The summed E-state index contributed by atoms with van der Waals surface area (Å²) in [6.45, 7) is 12.0. The third-order valence-electron chi connectivity index (χ3n) is 3.12. The van der Waals surface area contributed by atoms with Gasteiger partial charge < -0.3 is 4.90 Å². The van der Waals surface area contributed by atoms with Crippen LogP contribution in [0.5, 0.6) is 0 Å². The minimum Gasteiger partial charge on any atom is -0.342 e. The van der Waals surface area contributed by atoms with Gasteiger partial charge in [0, 0.05) is 38.9 Å². The van der Waals surface area contributed by atoms with Crippen LogP contribution in [0.3, 0.4) is 0 Å². The van der Waals surface area contributed by atoms with Crippen LogP contribution in [0.15, 0.2) is 0 Å². The van der Waals surface area contributed by atoms with Crippen molar-refractivity contribution in [2.24, 2.45) is 5.92 Å². The largest absolute Gasteiger partial charge is 0.342 e. The number of rotatable bonds is 3. The Hall–Kier alpha value is -1.39. The van der Waals surface area contributed by atoms with Gasteiger partial charge in [-0.05, 0) is 5.92 Å². The molecule has 5 nitrogen and oxygen atoms in total. The van der Waals surface area contributed by atoms with Crippen molar-refractivity contribution < 1.29 is 14.4 Å². The number of hydrogen-bond donors (Lipinski definition) is 0. The van der Waals surface area contributed by atoms with Gasteiger partial charge in [-0.25, -0.2) is 0 Å². The quantitative estimate of drug-likeness (QED) is 0.745. The Labute approximate surface area is 122 Å². The number of amides is 3. The molecule has 2 fully saturated rings. The summed E-state index contributed by atoms with van der Waals surface area (Å²) in [4.78, 5) is 37.2. The van der Waals surface area contributed by atoms with Crippen molar-refractivity contribution >= 4 is 17.7 Å². The second kappa shape index (κ2) is 9.50. The molecule has 0 unspecified atom stereocenters. The Kier molecular flexibility index (Phi) is 8.84. The highest BCUT2D eigenvalue weighted by molar-refractivity contribution is 6.02. The van der Waals surface area contributed by atoms with Gasteiger partial charge in [0.05, 0.1) is 0 Å². The van der Waals surface area contributed by atoms with Crippen LogP contribution < -0.4 is 0 Å². The van der Waals surface area contributed by atoms with Crippen LogP contribution in [0.1, 0.15) is 53.9 Å². The second-order valence-electron chi connectivity index (χ2n) is 4.59. The van der Waals surface area contributed by atoms with E-state index in [-0.39, 0.29) is 30.7 Å². The highest BCUT2D eigenvalue weighted by atomic mass is 16.2. The molecule has 0 aromatic rings. The van der Waals surface area contributed by atoms with Crippen LogP contribution in [0.25, 0.3) is 0 Å². The molecule has 0 atom stereocenters. The monoisotopic (exact) mass is 284 g/mol. The number of hydrogen-bond acceptors (Lipinski definition) is 3. The van der Waals surface area contributed by atoms with Gasteiger partial charge in [0.15, 0.2) is 0 Å². The zero-order valence-corrected chi connectivity index (χ0v) is 13.4. The molecule has 2 saturated heterocycles. The van der Waals surface area contributed by atoms with E-state index in [4.69, 9.17) is 0 Å². The SMILES string of the molecule is CC.CC.CC1CN(C(=O)CCN2C(=O)CCC2=O)C1. The molecule has 2 aliphatic heterocycles. The molecular formula is C15H28N2O3. The Bertz CT molecular complexity index is 320. The first kappa shape index (κ1) is 18.6. The topological polar surface area (TPSA) is 57.7 Å². The molecular weight excluding hydrogens is 256 g/mol. The molecule has 0 spiro atoms. The lowest BCUT2D eigenvalue weighted by molar-refractivity contribution is -0.141. The van der Waals surface area contributed by atoms with E-state index in [1.54, 1.807) is 4.90 Å². The van der Waals surface area contributed by atoms with Crippen LogP contribution >= 0.6 is 0 Å². The molecule has 0 N–H and O–H groups in total. The molecule has 5 heteroatoms. The van der Waals surface area contributed by atoms with Crippen LogP contribution in [0, 0.1) is 5.92 Å². The number of imide groups is 1. The Morgan fingerprint density at radius 1 is 1.05 bits per heavy atom. The van der Waals surface area contributed by atoms with E-state index >= 15 is 0 Å². The van der Waals surface area contributed by atoms with Crippen molar-refractivity contribution in [1.29, 1.82) is 0 Å². The maximum atomic E-state index is 11.6. The summed E-state index contributed by atoms with van der Waals surface area (Å²) in [6.07, 6.45) is 0.867. The molecule has 2 heterocycles. The van der Waals surface area contributed by atoms with Gasteiger partial charge in [0.25, 0.3) is 0 Å². The van der Waals surface area contributed by atoms with Gasteiger partial charge in [0.1, 0.15) is 0 Å². The normalized spacial score (nSPS) is 17.9. The van der Waals surface area contributed by atoms with Crippen molar-refractivity contribution in [3.05, 3.63) is 0 Å². The number of carbonyl (C=O) groups excluding carboxylic acids is 3. The minimum atomic E-state index is -0.144. The third kappa shape index (κ3) is 4.94. The first-order valence-corrected chi connectivity index (χ1v) is 7.69. The minimum absolute atomic E-state index is 0.0469. The van der Waals surface area contributed by atoms with Gasteiger partial charge in [-0.3, -0.25) is 19.3 Å². The first-order valence-electron chi connectivity index (χ1n) is 7.69. The molecule has 20 heavy (non-hydrogen) atoms. The van der Waals surface area contributed by atoms with Gasteiger partial charge in [0.2, 0.25) is 17.7 Å².